The number of carbonyl (C=O) groups is 4. The summed E-state index contributed by atoms with van der Waals surface area (Å²) in [6.45, 7) is 8.67. The lowest BCUT2D eigenvalue weighted by Gasteiger charge is -2.34. The van der Waals surface area contributed by atoms with Crippen molar-refractivity contribution in [1.82, 2.24) is 0 Å². The van der Waals surface area contributed by atoms with Gasteiger partial charge < -0.3 is 9.47 Å². The summed E-state index contributed by atoms with van der Waals surface area (Å²) in [5.74, 6) is -0.976. The van der Waals surface area contributed by atoms with E-state index in [-0.39, 0.29) is 44.0 Å². The predicted molar refractivity (Wildman–Crippen MR) is 94.6 cm³/mol. The molecule has 8 heteroatoms. The third-order valence-electron chi connectivity index (χ3n) is 4.00. The van der Waals surface area contributed by atoms with E-state index >= 15 is 0 Å². The molecular weight excluding hydrogens is 371 g/mol. The molecule has 0 amide bonds. The van der Waals surface area contributed by atoms with E-state index in [1.807, 2.05) is 6.92 Å². The molecule has 6 nitrogen and oxygen atoms in total. The molecule has 0 saturated carbocycles. The van der Waals surface area contributed by atoms with E-state index in [9.17, 15) is 19.2 Å². The van der Waals surface area contributed by atoms with Crippen LogP contribution in [0.25, 0.3) is 0 Å². The number of ketones is 1. The molecule has 0 saturated heterocycles. The van der Waals surface area contributed by atoms with Crippen molar-refractivity contribution in [3.63, 3.8) is 0 Å². The maximum Gasteiger partial charge on any atom is 0.306 e. The first-order valence-electron chi connectivity index (χ1n) is 8.03. The highest BCUT2D eigenvalue weighted by Gasteiger charge is 2.34. The fourth-order valence-corrected chi connectivity index (χ4v) is 1.96. The molecule has 0 spiro atoms. The summed E-state index contributed by atoms with van der Waals surface area (Å²) in [4.78, 5) is 45.3. The molecular formula is C17H26Cl2O6. The molecule has 1 atom stereocenters. The van der Waals surface area contributed by atoms with Gasteiger partial charge in [-0.25, -0.2) is 0 Å². The average Bonchev–Trinajstić information content (AvgIpc) is 2.47. The Morgan fingerprint density at radius 1 is 0.880 bits per heavy atom. The summed E-state index contributed by atoms with van der Waals surface area (Å²) in [6, 6.07) is 0. The highest BCUT2D eigenvalue weighted by atomic mass is 35.5. The van der Waals surface area contributed by atoms with Crippen molar-refractivity contribution in [2.24, 2.45) is 5.92 Å². The Labute approximate surface area is 158 Å². The lowest BCUT2D eigenvalue weighted by Crippen LogP contribution is -2.42. The van der Waals surface area contributed by atoms with Gasteiger partial charge in [0.2, 0.25) is 10.5 Å². The Bertz CT molecular complexity index is 513. The van der Waals surface area contributed by atoms with Crippen molar-refractivity contribution >= 4 is 45.4 Å². The Hall–Kier alpha value is -0.980. The van der Waals surface area contributed by atoms with E-state index < -0.39 is 27.7 Å². The Balaban J connectivity index is 4.56. The first-order valence-corrected chi connectivity index (χ1v) is 8.79. The second-order valence-corrected chi connectivity index (χ2v) is 7.78. The molecule has 0 aliphatic heterocycles. The van der Waals surface area contributed by atoms with Crippen molar-refractivity contribution < 1.29 is 28.7 Å². The highest BCUT2D eigenvalue weighted by molar-refractivity contribution is 6.63. The highest BCUT2D eigenvalue weighted by Crippen LogP contribution is 2.25. The standard InChI is InChI=1S/C17H26Cl2O6/c1-11(16(2,3)25-15(23)9-8-14(19)22)10-24-17(4,5)12(20)6-7-13(18)21/h11H,6-10H2,1-5H3. The van der Waals surface area contributed by atoms with Crippen molar-refractivity contribution in [2.75, 3.05) is 6.61 Å². The minimum atomic E-state index is -1.08. The summed E-state index contributed by atoms with van der Waals surface area (Å²) in [6.07, 6.45) is -0.197. The molecule has 0 aromatic rings. The molecule has 0 aromatic carbocycles. The van der Waals surface area contributed by atoms with E-state index in [4.69, 9.17) is 32.7 Å². The van der Waals surface area contributed by atoms with Crippen LogP contribution in [0.5, 0.6) is 0 Å². The van der Waals surface area contributed by atoms with Gasteiger partial charge in [0.1, 0.15) is 11.2 Å². The van der Waals surface area contributed by atoms with Crippen LogP contribution in [0.3, 0.4) is 0 Å². The fraction of sp³-hybridized carbons (Fsp3) is 0.765. The summed E-state index contributed by atoms with van der Waals surface area (Å²) in [5, 5.41) is -1.16. The van der Waals surface area contributed by atoms with Gasteiger partial charge in [0.15, 0.2) is 5.78 Å². The van der Waals surface area contributed by atoms with Crippen LogP contribution in [0.15, 0.2) is 0 Å². The van der Waals surface area contributed by atoms with Crippen molar-refractivity contribution in [2.45, 2.75) is 71.5 Å². The Morgan fingerprint density at radius 3 is 1.84 bits per heavy atom. The average molecular weight is 397 g/mol. The van der Waals surface area contributed by atoms with Crippen molar-refractivity contribution in [1.29, 1.82) is 0 Å². The van der Waals surface area contributed by atoms with Crippen molar-refractivity contribution in [3.05, 3.63) is 0 Å². The number of carbonyl (C=O) groups excluding carboxylic acids is 4. The number of hydrogen-bond acceptors (Lipinski definition) is 6. The van der Waals surface area contributed by atoms with Gasteiger partial charge in [-0.15, -0.1) is 0 Å². The molecule has 0 aromatic heterocycles. The second-order valence-electron chi connectivity index (χ2n) is 6.93. The van der Waals surface area contributed by atoms with Gasteiger partial charge in [-0.05, 0) is 50.9 Å². The topological polar surface area (TPSA) is 86.7 Å². The van der Waals surface area contributed by atoms with E-state index in [0.29, 0.717) is 0 Å². The molecule has 0 N–H and O–H groups in total. The van der Waals surface area contributed by atoms with Gasteiger partial charge >= 0.3 is 5.97 Å². The molecule has 144 valence electrons. The maximum atomic E-state index is 12.1. The largest absolute Gasteiger partial charge is 0.459 e. The van der Waals surface area contributed by atoms with Gasteiger partial charge in [0.25, 0.3) is 0 Å². The third-order valence-corrected chi connectivity index (χ3v) is 4.38. The van der Waals surface area contributed by atoms with Gasteiger partial charge in [0.05, 0.1) is 13.0 Å². The number of ether oxygens (including phenoxy) is 2. The number of halogens is 2. The maximum absolute atomic E-state index is 12.1. The summed E-state index contributed by atoms with van der Waals surface area (Å²) in [5.41, 5.74) is -1.93. The minimum Gasteiger partial charge on any atom is -0.459 e. The minimum absolute atomic E-state index is 0.00848. The summed E-state index contributed by atoms with van der Waals surface area (Å²) < 4.78 is 11.1. The number of hydrogen-bond donors (Lipinski definition) is 0. The zero-order valence-electron chi connectivity index (χ0n) is 15.3. The molecule has 0 aliphatic carbocycles. The van der Waals surface area contributed by atoms with Crippen LogP contribution in [-0.2, 0) is 28.7 Å². The summed E-state index contributed by atoms with van der Waals surface area (Å²) in [7, 11) is 0. The lowest BCUT2D eigenvalue weighted by atomic mass is 9.92. The van der Waals surface area contributed by atoms with Crippen LogP contribution in [0.1, 0.15) is 60.3 Å². The number of rotatable bonds is 12. The van der Waals surface area contributed by atoms with Crippen LogP contribution in [0.2, 0.25) is 0 Å². The zero-order valence-corrected chi connectivity index (χ0v) is 16.8. The molecule has 0 aliphatic rings. The number of Topliss-reactive ketones (excluding diaryl/α,β-unsaturated/α-hetero) is 1. The normalized spacial score (nSPS) is 13.2. The van der Waals surface area contributed by atoms with Gasteiger partial charge in [-0.1, -0.05) is 6.92 Å². The first-order chi connectivity index (χ1) is 11.3. The Kier molecular flexibility index (Phi) is 9.84. The molecule has 0 fully saturated rings. The summed E-state index contributed by atoms with van der Waals surface area (Å²) >= 11 is 10.4. The van der Waals surface area contributed by atoms with E-state index in [2.05, 4.69) is 0 Å². The predicted octanol–water partition coefficient (Wildman–Crippen LogP) is 3.40. The number of esters is 1. The first kappa shape index (κ1) is 24.0. The van der Waals surface area contributed by atoms with Crippen LogP contribution >= 0.6 is 23.2 Å². The van der Waals surface area contributed by atoms with Crippen LogP contribution in [0.4, 0.5) is 0 Å². The fourth-order valence-electron chi connectivity index (χ4n) is 1.77. The van der Waals surface area contributed by atoms with Crippen LogP contribution < -0.4 is 0 Å². The van der Waals surface area contributed by atoms with Crippen LogP contribution in [0, 0.1) is 5.92 Å². The van der Waals surface area contributed by atoms with E-state index in [0.717, 1.165) is 0 Å². The zero-order chi connectivity index (χ0) is 19.8. The monoisotopic (exact) mass is 396 g/mol. The SMILES string of the molecule is CC(COC(C)(C)C(=O)CCC(=O)Cl)C(C)(C)OC(=O)CCC(=O)Cl. The molecule has 0 rings (SSSR count). The quantitative estimate of drug-likeness (QED) is 0.371. The van der Waals surface area contributed by atoms with Crippen LogP contribution in [-0.4, -0.2) is 40.0 Å². The molecule has 0 radical (unpaired) electrons. The molecule has 1 unspecified atom stereocenters. The van der Waals surface area contributed by atoms with E-state index in [1.54, 1.807) is 27.7 Å². The van der Waals surface area contributed by atoms with E-state index in [1.165, 1.54) is 0 Å². The smallest absolute Gasteiger partial charge is 0.306 e. The lowest BCUT2D eigenvalue weighted by molar-refractivity contribution is -0.168. The Morgan fingerprint density at radius 2 is 1.36 bits per heavy atom. The second kappa shape index (κ2) is 10.2. The van der Waals surface area contributed by atoms with Gasteiger partial charge in [0, 0.05) is 25.2 Å². The molecule has 25 heavy (non-hydrogen) atoms. The van der Waals surface area contributed by atoms with Crippen molar-refractivity contribution in [3.8, 4) is 0 Å². The molecule has 0 bridgehead atoms. The third kappa shape index (κ3) is 9.92. The van der Waals surface area contributed by atoms with Gasteiger partial charge in [-0.2, -0.15) is 0 Å². The van der Waals surface area contributed by atoms with Gasteiger partial charge in [-0.3, -0.25) is 19.2 Å². The molecule has 0 heterocycles.